The van der Waals surface area contributed by atoms with E-state index in [0.29, 0.717) is 0 Å². The van der Waals surface area contributed by atoms with E-state index < -0.39 is 12.1 Å². The summed E-state index contributed by atoms with van der Waals surface area (Å²) in [5.41, 5.74) is 4.55. The molecular formula is C24H21NO6. The van der Waals surface area contributed by atoms with Gasteiger partial charge in [0.05, 0.1) is 19.9 Å². The summed E-state index contributed by atoms with van der Waals surface area (Å²) in [6, 6.07) is 18.8. The van der Waals surface area contributed by atoms with Crippen LogP contribution in [0.1, 0.15) is 27.4 Å². The van der Waals surface area contributed by atoms with E-state index in [4.69, 9.17) is 14.2 Å². The third-order valence-corrected chi connectivity index (χ3v) is 5.33. The average Bonchev–Trinajstić information content (AvgIpc) is 3.11. The van der Waals surface area contributed by atoms with Gasteiger partial charge in [-0.25, -0.2) is 9.59 Å². The van der Waals surface area contributed by atoms with Gasteiger partial charge in [-0.05, 0) is 28.3 Å². The molecule has 1 aliphatic rings. The van der Waals surface area contributed by atoms with Gasteiger partial charge in [-0.2, -0.15) is 0 Å². The van der Waals surface area contributed by atoms with Crippen LogP contribution in [-0.4, -0.2) is 38.0 Å². The second-order valence-corrected chi connectivity index (χ2v) is 7.01. The molecule has 0 saturated carbocycles. The molecular weight excluding hydrogens is 398 g/mol. The summed E-state index contributed by atoms with van der Waals surface area (Å²) in [4.78, 5) is 24.0. The molecule has 7 nitrogen and oxygen atoms in total. The number of fused-ring (bicyclic) bond motifs is 3. The first-order chi connectivity index (χ1) is 15.0. The van der Waals surface area contributed by atoms with Crippen molar-refractivity contribution in [1.29, 1.82) is 0 Å². The number of carbonyl (C=O) groups is 2. The van der Waals surface area contributed by atoms with E-state index in [2.05, 4.69) is 17.4 Å². The molecule has 0 saturated heterocycles. The summed E-state index contributed by atoms with van der Waals surface area (Å²) in [6.07, 6.45) is -0.707. The highest BCUT2D eigenvalue weighted by Crippen LogP contribution is 2.44. The van der Waals surface area contributed by atoms with Crippen LogP contribution in [0.25, 0.3) is 11.1 Å². The Morgan fingerprint density at radius 3 is 2.03 bits per heavy atom. The SMILES string of the molecule is COc1cc(OC)c(C(=O)O)cc1NC(=O)OCC1c2ccccc2-c2ccccc21. The Morgan fingerprint density at radius 2 is 1.48 bits per heavy atom. The van der Waals surface area contributed by atoms with Crippen molar-refractivity contribution >= 4 is 17.7 Å². The molecule has 158 valence electrons. The maximum atomic E-state index is 12.5. The standard InChI is InChI=1S/C24H21NO6/c1-29-21-12-22(30-2)20(11-18(21)23(26)27)25-24(28)31-13-19-16-9-5-3-7-14(16)15-8-4-6-10-17(15)19/h3-12,19H,13H2,1-2H3,(H,25,28)(H,26,27). The Bertz CT molecular complexity index is 1110. The monoisotopic (exact) mass is 419 g/mol. The molecule has 31 heavy (non-hydrogen) atoms. The van der Waals surface area contributed by atoms with Gasteiger partial charge in [0.15, 0.2) is 0 Å². The van der Waals surface area contributed by atoms with Crippen molar-refractivity contribution in [2.45, 2.75) is 5.92 Å². The fourth-order valence-electron chi connectivity index (χ4n) is 3.91. The summed E-state index contributed by atoms with van der Waals surface area (Å²) >= 11 is 0. The Morgan fingerprint density at radius 1 is 0.903 bits per heavy atom. The molecule has 3 aromatic rings. The van der Waals surface area contributed by atoms with Gasteiger partial charge in [-0.3, -0.25) is 5.32 Å². The molecule has 0 fully saturated rings. The van der Waals surface area contributed by atoms with Gasteiger partial charge >= 0.3 is 12.1 Å². The number of nitrogens with one attached hydrogen (secondary N) is 1. The van der Waals surface area contributed by atoms with Crippen LogP contribution in [0.15, 0.2) is 60.7 Å². The summed E-state index contributed by atoms with van der Waals surface area (Å²) < 4.78 is 15.9. The zero-order valence-electron chi connectivity index (χ0n) is 17.0. The fourth-order valence-corrected chi connectivity index (χ4v) is 3.91. The van der Waals surface area contributed by atoms with Gasteiger partial charge in [0.1, 0.15) is 23.7 Å². The molecule has 0 aromatic heterocycles. The molecule has 0 radical (unpaired) electrons. The van der Waals surface area contributed by atoms with E-state index in [0.717, 1.165) is 22.3 Å². The predicted molar refractivity (Wildman–Crippen MR) is 115 cm³/mol. The van der Waals surface area contributed by atoms with Gasteiger partial charge in [0.25, 0.3) is 0 Å². The number of ether oxygens (including phenoxy) is 3. The molecule has 7 heteroatoms. The van der Waals surface area contributed by atoms with Crippen molar-refractivity contribution in [3.8, 4) is 22.6 Å². The molecule has 1 amide bonds. The Labute approximate surface area is 179 Å². The molecule has 2 N–H and O–H groups in total. The minimum absolute atomic E-state index is 0.0782. The number of carboxylic acid groups (broad SMARTS) is 1. The number of amides is 1. The van der Waals surface area contributed by atoms with Gasteiger partial charge < -0.3 is 19.3 Å². The van der Waals surface area contributed by atoms with Crippen LogP contribution in [0.4, 0.5) is 10.5 Å². The number of rotatable bonds is 6. The number of hydrogen-bond acceptors (Lipinski definition) is 5. The Balaban J connectivity index is 1.53. The first-order valence-corrected chi connectivity index (χ1v) is 9.64. The van der Waals surface area contributed by atoms with Gasteiger partial charge in [-0.15, -0.1) is 0 Å². The molecule has 0 spiro atoms. The highest BCUT2D eigenvalue weighted by Gasteiger charge is 2.29. The van der Waals surface area contributed by atoms with Crippen LogP contribution < -0.4 is 14.8 Å². The summed E-state index contributed by atoms with van der Waals surface area (Å²) in [5, 5.41) is 12.0. The smallest absolute Gasteiger partial charge is 0.411 e. The first kappa shape index (κ1) is 20.3. The zero-order chi connectivity index (χ0) is 22.0. The highest BCUT2D eigenvalue weighted by atomic mass is 16.5. The van der Waals surface area contributed by atoms with Crippen molar-refractivity contribution in [1.82, 2.24) is 0 Å². The molecule has 4 rings (SSSR count). The lowest BCUT2D eigenvalue weighted by molar-refractivity contribution is 0.0693. The third kappa shape index (κ3) is 3.77. The quantitative estimate of drug-likeness (QED) is 0.598. The van der Waals surface area contributed by atoms with Gasteiger partial charge in [0, 0.05) is 12.0 Å². The number of anilines is 1. The van der Waals surface area contributed by atoms with Crippen LogP contribution >= 0.6 is 0 Å². The lowest BCUT2D eigenvalue weighted by atomic mass is 9.98. The van der Waals surface area contributed by atoms with Crippen LogP contribution in [0.5, 0.6) is 11.5 Å². The number of methoxy groups -OCH3 is 2. The van der Waals surface area contributed by atoms with Crippen LogP contribution in [0.3, 0.4) is 0 Å². The van der Waals surface area contributed by atoms with E-state index in [1.54, 1.807) is 0 Å². The third-order valence-electron chi connectivity index (χ3n) is 5.33. The first-order valence-electron chi connectivity index (χ1n) is 9.64. The number of carboxylic acids is 1. The number of hydrogen-bond donors (Lipinski definition) is 2. The van der Waals surface area contributed by atoms with E-state index in [9.17, 15) is 14.7 Å². The Kier molecular flexibility index (Phi) is 5.49. The molecule has 1 aliphatic carbocycles. The van der Waals surface area contributed by atoms with E-state index in [-0.39, 0.29) is 35.3 Å². The molecule has 0 atom stereocenters. The van der Waals surface area contributed by atoms with E-state index in [1.807, 2.05) is 36.4 Å². The molecule has 0 heterocycles. The molecule has 0 aliphatic heterocycles. The zero-order valence-corrected chi connectivity index (χ0v) is 17.0. The Hall–Kier alpha value is -4.00. The largest absolute Gasteiger partial charge is 0.496 e. The maximum absolute atomic E-state index is 12.5. The molecule has 0 bridgehead atoms. The summed E-state index contributed by atoms with van der Waals surface area (Å²) in [5.74, 6) is -0.877. The second-order valence-electron chi connectivity index (χ2n) is 7.01. The second kappa shape index (κ2) is 8.39. The summed E-state index contributed by atoms with van der Waals surface area (Å²) in [7, 11) is 2.78. The van der Waals surface area contributed by atoms with Crippen LogP contribution in [0.2, 0.25) is 0 Å². The normalized spacial score (nSPS) is 11.9. The number of carbonyl (C=O) groups excluding carboxylic acids is 1. The lowest BCUT2D eigenvalue weighted by Gasteiger charge is -2.16. The fraction of sp³-hybridized carbons (Fsp3) is 0.167. The molecule has 0 unspecified atom stereocenters. The van der Waals surface area contributed by atoms with Crippen molar-refractivity contribution in [2.24, 2.45) is 0 Å². The van der Waals surface area contributed by atoms with E-state index >= 15 is 0 Å². The lowest BCUT2D eigenvalue weighted by Crippen LogP contribution is -2.18. The van der Waals surface area contributed by atoms with Crippen LogP contribution in [0, 0.1) is 0 Å². The van der Waals surface area contributed by atoms with E-state index in [1.165, 1.54) is 26.4 Å². The number of benzene rings is 3. The average molecular weight is 419 g/mol. The molecule has 3 aromatic carbocycles. The number of aromatic carboxylic acids is 1. The van der Waals surface area contributed by atoms with Crippen molar-refractivity contribution in [3.63, 3.8) is 0 Å². The highest BCUT2D eigenvalue weighted by molar-refractivity contribution is 5.95. The van der Waals surface area contributed by atoms with Gasteiger partial charge in [0.2, 0.25) is 0 Å². The van der Waals surface area contributed by atoms with Crippen molar-refractivity contribution in [2.75, 3.05) is 26.1 Å². The topological polar surface area (TPSA) is 94.1 Å². The van der Waals surface area contributed by atoms with Crippen molar-refractivity contribution < 1.29 is 28.9 Å². The minimum Gasteiger partial charge on any atom is -0.496 e. The maximum Gasteiger partial charge on any atom is 0.411 e. The van der Waals surface area contributed by atoms with Crippen LogP contribution in [-0.2, 0) is 4.74 Å². The predicted octanol–water partition coefficient (Wildman–Crippen LogP) is 4.76. The van der Waals surface area contributed by atoms with Gasteiger partial charge in [-0.1, -0.05) is 48.5 Å². The minimum atomic E-state index is -1.19. The van der Waals surface area contributed by atoms with Crippen molar-refractivity contribution in [3.05, 3.63) is 77.4 Å². The summed E-state index contributed by atoms with van der Waals surface area (Å²) in [6.45, 7) is 0.143.